The smallest absolute Gasteiger partial charge is 0.410 e. The molecule has 9 heteroatoms. The summed E-state index contributed by atoms with van der Waals surface area (Å²) in [5.41, 5.74) is 0.121. The molecule has 0 bridgehead atoms. The number of rotatable bonds is 2. The molecule has 0 saturated carbocycles. The van der Waals surface area contributed by atoms with Crippen molar-refractivity contribution in [2.45, 2.75) is 45.3 Å². The van der Waals surface area contributed by atoms with Crippen molar-refractivity contribution in [1.82, 2.24) is 24.6 Å². The van der Waals surface area contributed by atoms with Gasteiger partial charge in [-0.05, 0) is 45.7 Å². The van der Waals surface area contributed by atoms with Crippen LogP contribution in [-0.4, -0.2) is 42.9 Å². The summed E-state index contributed by atoms with van der Waals surface area (Å²) in [4.78, 5) is 32.6. The van der Waals surface area contributed by atoms with E-state index >= 15 is 0 Å². The van der Waals surface area contributed by atoms with Gasteiger partial charge in [-0.1, -0.05) is 17.7 Å². The van der Waals surface area contributed by atoms with Crippen molar-refractivity contribution in [2.24, 2.45) is 0 Å². The lowest BCUT2D eigenvalue weighted by molar-refractivity contribution is 0.0216. The minimum atomic E-state index is -0.612. The molecule has 0 radical (unpaired) electrons. The molecule has 1 fully saturated rings. The van der Waals surface area contributed by atoms with Gasteiger partial charge in [0, 0.05) is 12.7 Å². The lowest BCUT2D eigenvalue weighted by Gasteiger charge is -2.29. The highest BCUT2D eigenvalue weighted by molar-refractivity contribution is 6.35. The third-order valence-corrected chi connectivity index (χ3v) is 5.11. The number of aromatic nitrogens is 4. The molecule has 3 aromatic rings. The molecule has 1 saturated heterocycles. The monoisotopic (exact) mass is 415 g/mol. The first-order valence-corrected chi connectivity index (χ1v) is 9.84. The van der Waals surface area contributed by atoms with Gasteiger partial charge >= 0.3 is 6.09 Å². The molecule has 1 amide bonds. The quantitative estimate of drug-likeness (QED) is 0.686. The molecule has 8 nitrogen and oxygen atoms in total. The molecule has 1 N–H and O–H groups in total. The fourth-order valence-electron chi connectivity index (χ4n) is 3.62. The fourth-order valence-corrected chi connectivity index (χ4v) is 3.87. The highest BCUT2D eigenvalue weighted by Gasteiger charge is 2.36. The Morgan fingerprint density at radius 3 is 2.83 bits per heavy atom. The third kappa shape index (κ3) is 3.60. The maximum atomic E-state index is 13.4. The number of carbonyl (C=O) groups excluding carboxylic acids is 1. The average Bonchev–Trinajstić information content (AvgIpc) is 3.32. The Bertz CT molecular complexity index is 1120. The van der Waals surface area contributed by atoms with Crippen LogP contribution >= 0.6 is 11.6 Å². The summed E-state index contributed by atoms with van der Waals surface area (Å²) in [6, 6.07) is 4.77. The van der Waals surface area contributed by atoms with E-state index in [1.807, 2.05) is 20.8 Å². The number of ether oxygens (including phenoxy) is 1. The van der Waals surface area contributed by atoms with E-state index in [0.717, 1.165) is 6.42 Å². The Morgan fingerprint density at radius 2 is 2.14 bits per heavy atom. The average molecular weight is 416 g/mol. The summed E-state index contributed by atoms with van der Waals surface area (Å²) in [6.45, 7) is 6.02. The Morgan fingerprint density at radius 1 is 1.34 bits per heavy atom. The molecule has 1 aliphatic heterocycles. The van der Waals surface area contributed by atoms with Gasteiger partial charge in [0.05, 0.1) is 33.9 Å². The van der Waals surface area contributed by atoms with E-state index in [1.165, 1.54) is 4.57 Å². The minimum Gasteiger partial charge on any atom is -0.444 e. The Labute approximate surface area is 172 Å². The van der Waals surface area contributed by atoms with Crippen LogP contribution in [0.1, 0.15) is 45.5 Å². The molecule has 1 atom stereocenters. The van der Waals surface area contributed by atoms with Crippen molar-refractivity contribution in [2.75, 3.05) is 6.54 Å². The number of aromatic amines is 1. The Balaban J connectivity index is 1.90. The van der Waals surface area contributed by atoms with E-state index in [-0.39, 0.29) is 5.56 Å². The number of carbonyl (C=O) groups is 1. The zero-order valence-electron chi connectivity index (χ0n) is 16.5. The highest BCUT2D eigenvalue weighted by Crippen LogP contribution is 2.34. The molecule has 1 aromatic carbocycles. The number of H-pyrrole nitrogens is 1. The lowest BCUT2D eigenvalue weighted by atomic mass is 10.1. The molecule has 2 aromatic heterocycles. The van der Waals surface area contributed by atoms with Gasteiger partial charge in [-0.3, -0.25) is 19.4 Å². The van der Waals surface area contributed by atoms with Crippen molar-refractivity contribution in [3.05, 3.63) is 51.8 Å². The van der Waals surface area contributed by atoms with Gasteiger partial charge in [-0.15, -0.1) is 0 Å². The fraction of sp³-hybridized carbons (Fsp3) is 0.400. The van der Waals surface area contributed by atoms with Crippen LogP contribution in [0.4, 0.5) is 4.79 Å². The van der Waals surface area contributed by atoms with Gasteiger partial charge in [0.2, 0.25) is 0 Å². The summed E-state index contributed by atoms with van der Waals surface area (Å²) in [5, 5.41) is 7.35. The molecule has 1 aliphatic rings. The van der Waals surface area contributed by atoms with Crippen molar-refractivity contribution >= 4 is 28.6 Å². The largest absolute Gasteiger partial charge is 0.444 e. The van der Waals surface area contributed by atoms with Gasteiger partial charge in [0.1, 0.15) is 11.4 Å². The Kier molecular flexibility index (Phi) is 4.82. The van der Waals surface area contributed by atoms with E-state index in [2.05, 4.69) is 10.2 Å². The second kappa shape index (κ2) is 7.18. The van der Waals surface area contributed by atoms with Crippen molar-refractivity contribution in [3.63, 3.8) is 0 Å². The van der Waals surface area contributed by atoms with Crippen LogP contribution < -0.4 is 5.56 Å². The van der Waals surface area contributed by atoms with E-state index in [9.17, 15) is 9.59 Å². The van der Waals surface area contributed by atoms with E-state index in [0.29, 0.717) is 40.4 Å². The maximum Gasteiger partial charge on any atom is 0.410 e. The van der Waals surface area contributed by atoms with Crippen LogP contribution in [-0.2, 0) is 4.74 Å². The van der Waals surface area contributed by atoms with Gasteiger partial charge < -0.3 is 4.74 Å². The summed E-state index contributed by atoms with van der Waals surface area (Å²) in [7, 11) is 0. The highest BCUT2D eigenvalue weighted by atomic mass is 35.5. The third-order valence-electron chi connectivity index (χ3n) is 4.79. The number of halogens is 1. The standard InChI is InChI=1S/C20H22ClN5O3/c1-20(2,3)29-19(28)25-9-5-8-15(25)17-24-14-7-4-6-13(21)16(14)18(27)26(17)12-10-22-23-11-12/h4,6-7,10-11,15H,5,8-9H2,1-3H3,(H,22,23)/t15-/m0/s1. The number of hydrogen-bond acceptors (Lipinski definition) is 5. The second-order valence-corrected chi connectivity index (χ2v) is 8.44. The molecular weight excluding hydrogens is 394 g/mol. The lowest BCUT2D eigenvalue weighted by Crippen LogP contribution is -2.38. The number of fused-ring (bicyclic) bond motifs is 1. The van der Waals surface area contributed by atoms with E-state index in [1.54, 1.807) is 35.5 Å². The van der Waals surface area contributed by atoms with Crippen molar-refractivity contribution in [1.29, 1.82) is 0 Å². The van der Waals surface area contributed by atoms with Crippen LogP contribution in [0, 0.1) is 0 Å². The van der Waals surface area contributed by atoms with Crippen molar-refractivity contribution < 1.29 is 9.53 Å². The second-order valence-electron chi connectivity index (χ2n) is 8.03. The molecule has 29 heavy (non-hydrogen) atoms. The number of likely N-dealkylation sites (tertiary alicyclic amines) is 1. The number of nitrogens with zero attached hydrogens (tertiary/aromatic N) is 4. The summed E-state index contributed by atoms with van der Waals surface area (Å²) < 4.78 is 7.05. The van der Waals surface area contributed by atoms with Gasteiger partial charge in [0.25, 0.3) is 5.56 Å². The first-order valence-electron chi connectivity index (χ1n) is 9.46. The minimum absolute atomic E-state index is 0.298. The maximum absolute atomic E-state index is 13.4. The van der Waals surface area contributed by atoms with E-state index in [4.69, 9.17) is 21.3 Å². The molecule has 0 spiro atoms. The molecule has 3 heterocycles. The molecular formula is C20H22ClN5O3. The first kappa shape index (κ1) is 19.4. The van der Waals surface area contributed by atoms with Gasteiger partial charge in [-0.2, -0.15) is 5.10 Å². The van der Waals surface area contributed by atoms with Crippen molar-refractivity contribution in [3.8, 4) is 5.69 Å². The predicted octanol–water partition coefficient (Wildman–Crippen LogP) is 3.83. The molecule has 4 rings (SSSR count). The van der Waals surface area contributed by atoms with Crippen LogP contribution in [0.5, 0.6) is 0 Å². The van der Waals surface area contributed by atoms with Crippen LogP contribution in [0.3, 0.4) is 0 Å². The number of hydrogen-bond donors (Lipinski definition) is 1. The summed E-state index contributed by atoms with van der Waals surface area (Å²) in [6.07, 6.45) is 4.21. The summed E-state index contributed by atoms with van der Waals surface area (Å²) >= 11 is 6.30. The number of nitrogens with one attached hydrogen (secondary N) is 1. The van der Waals surface area contributed by atoms with E-state index < -0.39 is 17.7 Å². The Hall–Kier alpha value is -2.87. The predicted molar refractivity (Wildman–Crippen MR) is 109 cm³/mol. The molecule has 152 valence electrons. The van der Waals surface area contributed by atoms with Gasteiger partial charge in [-0.25, -0.2) is 9.78 Å². The van der Waals surface area contributed by atoms with Gasteiger partial charge in [0.15, 0.2) is 0 Å². The zero-order chi connectivity index (χ0) is 20.8. The molecule has 0 aliphatic carbocycles. The zero-order valence-corrected chi connectivity index (χ0v) is 17.2. The summed E-state index contributed by atoms with van der Waals surface area (Å²) in [5.74, 6) is 0.467. The number of amides is 1. The van der Waals surface area contributed by atoms with Crippen LogP contribution in [0.25, 0.3) is 16.6 Å². The molecule has 0 unspecified atom stereocenters. The number of benzene rings is 1. The van der Waals surface area contributed by atoms with Crippen LogP contribution in [0.2, 0.25) is 5.02 Å². The topological polar surface area (TPSA) is 93.1 Å². The van der Waals surface area contributed by atoms with Crippen LogP contribution in [0.15, 0.2) is 35.4 Å². The SMILES string of the molecule is CC(C)(C)OC(=O)N1CCC[C@H]1c1nc2cccc(Cl)c2c(=O)n1-c1cn[nH]c1. The normalized spacial score (nSPS) is 17.1. The first-order chi connectivity index (χ1) is 13.8.